The summed E-state index contributed by atoms with van der Waals surface area (Å²) in [5, 5.41) is 14.7. The third-order valence-corrected chi connectivity index (χ3v) is 5.24. The molecule has 1 amide bonds. The van der Waals surface area contributed by atoms with Crippen molar-refractivity contribution in [1.82, 2.24) is 14.7 Å². The van der Waals surface area contributed by atoms with E-state index in [0.29, 0.717) is 25.8 Å². The average molecular weight is 393 g/mol. The summed E-state index contributed by atoms with van der Waals surface area (Å²) in [7, 11) is 1.87. The van der Waals surface area contributed by atoms with E-state index in [0.717, 1.165) is 35.2 Å². The molecule has 2 aromatic rings. The summed E-state index contributed by atoms with van der Waals surface area (Å²) in [6, 6.07) is 2.91. The predicted molar refractivity (Wildman–Crippen MR) is 99.0 cm³/mol. The van der Waals surface area contributed by atoms with E-state index < -0.39 is 23.8 Å². The SMILES string of the molecule is Cc1nn(C)c(C)c1CCC(=O)N1CC[C@@H](Oc2cc(F)cc(F)c2)[C@H](O)C1. The molecule has 0 unspecified atom stereocenters. The van der Waals surface area contributed by atoms with E-state index in [1.807, 2.05) is 20.9 Å². The van der Waals surface area contributed by atoms with Crippen LogP contribution in [0.15, 0.2) is 18.2 Å². The number of β-amino-alcohol motifs (C(OH)–C–C–N with tert-alkyl or cyclic N) is 1. The van der Waals surface area contributed by atoms with Crippen molar-refractivity contribution in [2.45, 2.75) is 45.3 Å². The molecule has 1 fully saturated rings. The van der Waals surface area contributed by atoms with Gasteiger partial charge in [-0.2, -0.15) is 5.10 Å². The maximum atomic E-state index is 13.3. The molecule has 0 aliphatic carbocycles. The Labute approximate surface area is 162 Å². The first-order chi connectivity index (χ1) is 13.2. The second-order valence-corrected chi connectivity index (χ2v) is 7.23. The van der Waals surface area contributed by atoms with Crippen molar-refractivity contribution in [1.29, 1.82) is 0 Å². The largest absolute Gasteiger partial charge is 0.487 e. The van der Waals surface area contributed by atoms with Crippen LogP contribution < -0.4 is 4.74 Å². The average Bonchev–Trinajstić information content (AvgIpc) is 2.86. The quantitative estimate of drug-likeness (QED) is 0.847. The third kappa shape index (κ3) is 4.49. The number of carbonyl (C=O) groups is 1. The van der Waals surface area contributed by atoms with Gasteiger partial charge in [-0.25, -0.2) is 8.78 Å². The van der Waals surface area contributed by atoms with E-state index in [9.17, 15) is 18.7 Å². The van der Waals surface area contributed by atoms with E-state index in [1.54, 1.807) is 9.58 Å². The van der Waals surface area contributed by atoms with Crippen LogP contribution in [0.5, 0.6) is 5.75 Å². The molecule has 3 rings (SSSR count). The van der Waals surface area contributed by atoms with E-state index >= 15 is 0 Å². The summed E-state index contributed by atoms with van der Waals surface area (Å²) in [5.41, 5.74) is 3.03. The number of benzene rings is 1. The van der Waals surface area contributed by atoms with Gasteiger partial charge in [0.25, 0.3) is 0 Å². The topological polar surface area (TPSA) is 67.6 Å². The Kier molecular flexibility index (Phi) is 5.98. The standard InChI is InChI=1S/C20H25F2N3O3/c1-12-17(13(2)24(3)23-12)4-5-20(27)25-7-6-19(18(26)11-25)28-16-9-14(21)8-15(22)10-16/h8-10,18-19,26H,4-7,11H2,1-3H3/t18-,19-/m1/s1. The minimum atomic E-state index is -0.925. The number of likely N-dealkylation sites (tertiary alicyclic amines) is 1. The van der Waals surface area contributed by atoms with Crippen molar-refractivity contribution in [2.24, 2.45) is 7.05 Å². The number of hydrogen-bond acceptors (Lipinski definition) is 4. The highest BCUT2D eigenvalue weighted by atomic mass is 19.1. The molecule has 2 atom stereocenters. The first-order valence-electron chi connectivity index (χ1n) is 9.32. The summed E-state index contributed by atoms with van der Waals surface area (Å²) in [4.78, 5) is 14.2. The van der Waals surface area contributed by atoms with Crippen LogP contribution in [0.25, 0.3) is 0 Å². The molecule has 28 heavy (non-hydrogen) atoms. The second-order valence-electron chi connectivity index (χ2n) is 7.23. The summed E-state index contributed by atoms with van der Waals surface area (Å²) in [6.45, 7) is 4.45. The lowest BCUT2D eigenvalue weighted by molar-refractivity contribution is -0.137. The van der Waals surface area contributed by atoms with Gasteiger partial charge in [0.1, 0.15) is 29.6 Å². The molecule has 152 valence electrons. The van der Waals surface area contributed by atoms with E-state index in [-0.39, 0.29) is 18.2 Å². The van der Waals surface area contributed by atoms with Gasteiger partial charge in [0.15, 0.2) is 0 Å². The van der Waals surface area contributed by atoms with Crippen molar-refractivity contribution in [3.8, 4) is 5.75 Å². The highest BCUT2D eigenvalue weighted by molar-refractivity contribution is 5.76. The van der Waals surface area contributed by atoms with Gasteiger partial charge < -0.3 is 14.7 Å². The van der Waals surface area contributed by atoms with Crippen molar-refractivity contribution in [3.05, 3.63) is 46.8 Å². The van der Waals surface area contributed by atoms with Gasteiger partial charge in [0.2, 0.25) is 5.91 Å². The number of ether oxygens (including phenoxy) is 1. The lowest BCUT2D eigenvalue weighted by atomic mass is 10.0. The molecule has 0 radical (unpaired) electrons. The summed E-state index contributed by atoms with van der Waals surface area (Å²) < 4.78 is 33.9. The Bertz CT molecular complexity index is 848. The van der Waals surface area contributed by atoms with Gasteiger partial charge in [-0.15, -0.1) is 0 Å². The zero-order valence-electron chi connectivity index (χ0n) is 16.3. The number of aliphatic hydroxyl groups is 1. The Morgan fingerprint density at radius 3 is 2.54 bits per heavy atom. The van der Waals surface area contributed by atoms with Crippen molar-refractivity contribution >= 4 is 5.91 Å². The summed E-state index contributed by atoms with van der Waals surface area (Å²) in [6.07, 6.45) is -0.227. The summed E-state index contributed by atoms with van der Waals surface area (Å²) >= 11 is 0. The van der Waals surface area contributed by atoms with Crippen LogP contribution in [0.4, 0.5) is 8.78 Å². The number of aromatic nitrogens is 2. The zero-order valence-corrected chi connectivity index (χ0v) is 16.3. The number of amides is 1. The normalized spacial score (nSPS) is 19.7. The number of aliphatic hydroxyl groups excluding tert-OH is 1. The molecule has 1 aliphatic heterocycles. The fourth-order valence-corrected chi connectivity index (χ4v) is 3.61. The van der Waals surface area contributed by atoms with Gasteiger partial charge >= 0.3 is 0 Å². The number of halogens is 2. The van der Waals surface area contributed by atoms with Crippen LogP contribution in [0, 0.1) is 25.5 Å². The lowest BCUT2D eigenvalue weighted by Gasteiger charge is -2.36. The third-order valence-electron chi connectivity index (χ3n) is 5.24. The molecule has 1 aromatic heterocycles. The number of aryl methyl sites for hydroxylation is 2. The monoisotopic (exact) mass is 393 g/mol. The number of carbonyl (C=O) groups excluding carboxylic acids is 1. The number of nitrogens with zero attached hydrogens (tertiary/aromatic N) is 3. The molecule has 2 heterocycles. The first kappa shape index (κ1) is 20.3. The predicted octanol–water partition coefficient (Wildman–Crippen LogP) is 2.29. The van der Waals surface area contributed by atoms with Gasteiger partial charge in [0, 0.05) is 50.3 Å². The Hall–Kier alpha value is -2.48. The van der Waals surface area contributed by atoms with Crippen LogP contribution in [0.2, 0.25) is 0 Å². The lowest BCUT2D eigenvalue weighted by Crippen LogP contribution is -2.51. The van der Waals surface area contributed by atoms with E-state index in [1.165, 1.54) is 0 Å². The van der Waals surface area contributed by atoms with Gasteiger partial charge in [-0.1, -0.05) is 0 Å². The molecule has 1 aromatic carbocycles. The van der Waals surface area contributed by atoms with Crippen LogP contribution in [0.1, 0.15) is 29.8 Å². The minimum absolute atomic E-state index is 0.0313. The number of rotatable bonds is 5. The van der Waals surface area contributed by atoms with Gasteiger partial charge in [0.05, 0.1) is 12.2 Å². The van der Waals surface area contributed by atoms with Gasteiger partial charge in [-0.3, -0.25) is 9.48 Å². The second kappa shape index (κ2) is 8.26. The van der Waals surface area contributed by atoms with Crippen LogP contribution >= 0.6 is 0 Å². The maximum absolute atomic E-state index is 13.3. The molecule has 0 spiro atoms. The van der Waals surface area contributed by atoms with Crippen molar-refractivity contribution in [2.75, 3.05) is 13.1 Å². The van der Waals surface area contributed by atoms with Crippen LogP contribution in [-0.2, 0) is 18.3 Å². The molecule has 8 heteroatoms. The molecular formula is C20H25F2N3O3. The molecule has 1 saturated heterocycles. The Morgan fingerprint density at radius 1 is 1.29 bits per heavy atom. The van der Waals surface area contributed by atoms with Crippen LogP contribution in [0.3, 0.4) is 0 Å². The first-order valence-corrected chi connectivity index (χ1v) is 9.32. The molecular weight excluding hydrogens is 368 g/mol. The highest BCUT2D eigenvalue weighted by Gasteiger charge is 2.31. The minimum Gasteiger partial charge on any atom is -0.487 e. The zero-order chi connectivity index (χ0) is 20.4. The van der Waals surface area contributed by atoms with E-state index in [2.05, 4.69) is 5.10 Å². The molecule has 1 N–H and O–H groups in total. The van der Waals surface area contributed by atoms with Crippen LogP contribution in [-0.4, -0.2) is 51.0 Å². The molecule has 6 nitrogen and oxygen atoms in total. The van der Waals surface area contributed by atoms with Crippen molar-refractivity contribution < 1.29 is 23.4 Å². The summed E-state index contributed by atoms with van der Waals surface area (Å²) in [5.74, 6) is -1.49. The molecule has 1 aliphatic rings. The van der Waals surface area contributed by atoms with Gasteiger partial charge in [-0.05, 0) is 25.8 Å². The number of piperidine rings is 1. The van der Waals surface area contributed by atoms with E-state index in [4.69, 9.17) is 4.74 Å². The number of hydrogen-bond donors (Lipinski definition) is 1. The Morgan fingerprint density at radius 2 is 1.96 bits per heavy atom. The molecule has 0 bridgehead atoms. The fraction of sp³-hybridized carbons (Fsp3) is 0.500. The fourth-order valence-electron chi connectivity index (χ4n) is 3.61. The molecule has 0 saturated carbocycles. The van der Waals surface area contributed by atoms with Crippen molar-refractivity contribution in [3.63, 3.8) is 0 Å². The maximum Gasteiger partial charge on any atom is 0.222 e. The Balaban J connectivity index is 1.54. The highest BCUT2D eigenvalue weighted by Crippen LogP contribution is 2.22. The smallest absolute Gasteiger partial charge is 0.222 e.